The van der Waals surface area contributed by atoms with Gasteiger partial charge in [-0.1, -0.05) is 36.8 Å². The highest BCUT2D eigenvalue weighted by molar-refractivity contribution is 8.00. The van der Waals surface area contributed by atoms with Crippen LogP contribution in [0.4, 0.5) is 8.78 Å². The summed E-state index contributed by atoms with van der Waals surface area (Å²) in [7, 11) is 0. The van der Waals surface area contributed by atoms with Crippen molar-refractivity contribution < 1.29 is 13.6 Å². The minimum atomic E-state index is -0.901. The second kappa shape index (κ2) is 8.11. The van der Waals surface area contributed by atoms with Crippen molar-refractivity contribution in [3.05, 3.63) is 65.2 Å². The molecule has 0 aliphatic carbocycles. The highest BCUT2D eigenvalue weighted by atomic mass is 32.2. The molecule has 0 spiro atoms. The first kappa shape index (κ1) is 17.5. The zero-order valence-electron chi connectivity index (χ0n) is 13.1. The SMILES string of the molecule is CCC(NC(=O)CSc1ccc(F)c(F)c1)c1ccc(C)cc1. The zero-order chi connectivity index (χ0) is 16.8. The van der Waals surface area contributed by atoms with Gasteiger partial charge >= 0.3 is 0 Å². The summed E-state index contributed by atoms with van der Waals surface area (Å²) in [5.74, 6) is -1.76. The Kier molecular flexibility index (Phi) is 6.16. The van der Waals surface area contributed by atoms with Gasteiger partial charge in [-0.25, -0.2) is 8.78 Å². The van der Waals surface area contributed by atoms with Crippen molar-refractivity contribution in [3.8, 4) is 0 Å². The van der Waals surface area contributed by atoms with E-state index in [1.54, 1.807) is 0 Å². The molecule has 5 heteroatoms. The zero-order valence-corrected chi connectivity index (χ0v) is 13.9. The number of rotatable bonds is 6. The minimum absolute atomic E-state index is 0.0475. The van der Waals surface area contributed by atoms with E-state index in [2.05, 4.69) is 5.32 Å². The molecule has 2 rings (SSSR count). The molecule has 0 aliphatic rings. The molecule has 0 heterocycles. The molecular formula is C18H19F2NOS. The van der Waals surface area contributed by atoms with E-state index in [9.17, 15) is 13.6 Å². The van der Waals surface area contributed by atoms with Gasteiger partial charge in [0.2, 0.25) is 5.91 Å². The van der Waals surface area contributed by atoms with Crippen LogP contribution in [0.15, 0.2) is 47.4 Å². The second-order valence-electron chi connectivity index (χ2n) is 5.30. The van der Waals surface area contributed by atoms with Gasteiger partial charge in [-0.3, -0.25) is 4.79 Å². The van der Waals surface area contributed by atoms with E-state index in [0.717, 1.165) is 24.1 Å². The number of aryl methyl sites for hydroxylation is 1. The van der Waals surface area contributed by atoms with Crippen LogP contribution in [0, 0.1) is 18.6 Å². The van der Waals surface area contributed by atoms with Crippen LogP contribution in [0.3, 0.4) is 0 Å². The Morgan fingerprint density at radius 3 is 2.43 bits per heavy atom. The summed E-state index contributed by atoms with van der Waals surface area (Å²) in [5.41, 5.74) is 2.23. The van der Waals surface area contributed by atoms with Gasteiger partial charge in [0.25, 0.3) is 0 Å². The third kappa shape index (κ3) is 5.06. The molecule has 2 aromatic carbocycles. The molecule has 1 N–H and O–H groups in total. The average Bonchev–Trinajstić information content (AvgIpc) is 2.54. The van der Waals surface area contributed by atoms with Gasteiger partial charge in [-0.15, -0.1) is 11.8 Å². The Bertz CT molecular complexity index is 673. The summed E-state index contributed by atoms with van der Waals surface area (Å²) >= 11 is 1.18. The normalized spacial score (nSPS) is 12.0. The van der Waals surface area contributed by atoms with Gasteiger partial charge in [-0.2, -0.15) is 0 Å². The number of thioether (sulfide) groups is 1. The Balaban J connectivity index is 1.92. The van der Waals surface area contributed by atoms with Crippen LogP contribution in [-0.2, 0) is 4.79 Å². The van der Waals surface area contributed by atoms with E-state index in [4.69, 9.17) is 0 Å². The molecule has 0 fully saturated rings. The van der Waals surface area contributed by atoms with Gasteiger partial charge in [-0.05, 0) is 37.1 Å². The predicted molar refractivity (Wildman–Crippen MR) is 89.4 cm³/mol. The van der Waals surface area contributed by atoms with Crippen molar-refractivity contribution in [1.29, 1.82) is 0 Å². The lowest BCUT2D eigenvalue weighted by molar-refractivity contribution is -0.119. The van der Waals surface area contributed by atoms with Crippen LogP contribution in [0.5, 0.6) is 0 Å². The molecule has 2 nitrogen and oxygen atoms in total. The third-order valence-electron chi connectivity index (χ3n) is 3.48. The lowest BCUT2D eigenvalue weighted by Crippen LogP contribution is -2.29. The predicted octanol–water partition coefficient (Wildman–Crippen LogP) is 4.63. The fourth-order valence-electron chi connectivity index (χ4n) is 2.17. The van der Waals surface area contributed by atoms with E-state index in [-0.39, 0.29) is 17.7 Å². The molecule has 23 heavy (non-hydrogen) atoms. The van der Waals surface area contributed by atoms with Crippen molar-refractivity contribution in [3.63, 3.8) is 0 Å². The van der Waals surface area contributed by atoms with Gasteiger partial charge in [0.15, 0.2) is 11.6 Å². The Morgan fingerprint density at radius 1 is 1.13 bits per heavy atom. The fraction of sp³-hybridized carbons (Fsp3) is 0.278. The van der Waals surface area contributed by atoms with E-state index in [0.29, 0.717) is 4.90 Å². The second-order valence-corrected chi connectivity index (χ2v) is 6.35. The van der Waals surface area contributed by atoms with E-state index >= 15 is 0 Å². The highest BCUT2D eigenvalue weighted by Gasteiger charge is 2.13. The number of hydrogen-bond donors (Lipinski definition) is 1. The number of halogens is 2. The summed E-state index contributed by atoms with van der Waals surface area (Å²) in [5, 5.41) is 2.97. The summed E-state index contributed by atoms with van der Waals surface area (Å²) in [6.45, 7) is 4.02. The number of carbonyl (C=O) groups excluding carboxylic acids is 1. The first-order valence-electron chi connectivity index (χ1n) is 7.43. The molecule has 0 aromatic heterocycles. The first-order chi connectivity index (χ1) is 11.0. The van der Waals surface area contributed by atoms with Crippen LogP contribution in [-0.4, -0.2) is 11.7 Å². The van der Waals surface area contributed by atoms with Crippen molar-refractivity contribution in [2.75, 3.05) is 5.75 Å². The largest absolute Gasteiger partial charge is 0.349 e. The molecule has 1 unspecified atom stereocenters. The molecule has 0 aliphatic heterocycles. The highest BCUT2D eigenvalue weighted by Crippen LogP contribution is 2.21. The van der Waals surface area contributed by atoms with Crippen molar-refractivity contribution in [2.24, 2.45) is 0 Å². The smallest absolute Gasteiger partial charge is 0.230 e. The minimum Gasteiger partial charge on any atom is -0.349 e. The first-order valence-corrected chi connectivity index (χ1v) is 8.42. The summed E-state index contributed by atoms with van der Waals surface area (Å²) in [4.78, 5) is 12.6. The molecule has 1 amide bonds. The Morgan fingerprint density at radius 2 is 1.83 bits per heavy atom. The van der Waals surface area contributed by atoms with Crippen molar-refractivity contribution in [1.82, 2.24) is 5.32 Å². The number of carbonyl (C=O) groups is 1. The van der Waals surface area contributed by atoms with Gasteiger partial charge in [0.05, 0.1) is 11.8 Å². The standard InChI is InChI=1S/C18H19F2NOS/c1-3-17(13-6-4-12(2)5-7-13)21-18(22)11-23-14-8-9-15(19)16(20)10-14/h4-10,17H,3,11H2,1-2H3,(H,21,22). The Hall–Kier alpha value is -1.88. The topological polar surface area (TPSA) is 29.1 Å². The molecular weight excluding hydrogens is 316 g/mol. The molecule has 122 valence electrons. The maximum atomic E-state index is 13.1. The molecule has 2 aromatic rings. The molecule has 0 saturated heterocycles. The van der Waals surface area contributed by atoms with Crippen LogP contribution in [0.2, 0.25) is 0 Å². The lowest BCUT2D eigenvalue weighted by Gasteiger charge is -2.17. The molecule has 0 bridgehead atoms. The van der Waals surface area contributed by atoms with E-state index in [1.165, 1.54) is 23.4 Å². The summed E-state index contributed by atoms with van der Waals surface area (Å²) < 4.78 is 26.0. The van der Waals surface area contributed by atoms with Gasteiger partial charge in [0.1, 0.15) is 0 Å². The fourth-order valence-corrected chi connectivity index (χ4v) is 2.90. The number of amides is 1. The lowest BCUT2D eigenvalue weighted by atomic mass is 10.0. The van der Waals surface area contributed by atoms with Crippen LogP contribution in [0.1, 0.15) is 30.5 Å². The molecule has 1 atom stereocenters. The summed E-state index contributed by atoms with van der Waals surface area (Å²) in [6, 6.07) is 11.6. The third-order valence-corrected chi connectivity index (χ3v) is 4.48. The van der Waals surface area contributed by atoms with Crippen LogP contribution >= 0.6 is 11.8 Å². The van der Waals surface area contributed by atoms with Gasteiger partial charge in [0, 0.05) is 4.90 Å². The monoisotopic (exact) mass is 335 g/mol. The molecule has 0 radical (unpaired) electrons. The van der Waals surface area contributed by atoms with Gasteiger partial charge < -0.3 is 5.32 Å². The summed E-state index contributed by atoms with van der Waals surface area (Å²) in [6.07, 6.45) is 0.782. The van der Waals surface area contributed by atoms with Crippen LogP contribution in [0.25, 0.3) is 0 Å². The number of nitrogens with one attached hydrogen (secondary N) is 1. The maximum Gasteiger partial charge on any atom is 0.230 e. The average molecular weight is 335 g/mol. The van der Waals surface area contributed by atoms with E-state index in [1.807, 2.05) is 38.1 Å². The van der Waals surface area contributed by atoms with Crippen molar-refractivity contribution >= 4 is 17.7 Å². The van der Waals surface area contributed by atoms with Crippen molar-refractivity contribution in [2.45, 2.75) is 31.2 Å². The number of benzene rings is 2. The van der Waals surface area contributed by atoms with Crippen LogP contribution < -0.4 is 5.32 Å². The maximum absolute atomic E-state index is 13.1. The Labute approximate surface area is 139 Å². The number of hydrogen-bond acceptors (Lipinski definition) is 2. The molecule has 0 saturated carbocycles. The van der Waals surface area contributed by atoms with E-state index < -0.39 is 11.6 Å². The quantitative estimate of drug-likeness (QED) is 0.780.